The number of rotatable bonds is 9. The molecule has 4 aromatic rings. The van der Waals surface area contributed by atoms with Gasteiger partial charge in [0, 0.05) is 62.9 Å². The van der Waals surface area contributed by atoms with Gasteiger partial charge in [0.05, 0.1) is 35.3 Å². The van der Waals surface area contributed by atoms with Crippen molar-refractivity contribution in [3.05, 3.63) is 60.2 Å². The molecule has 230 valence electrons. The van der Waals surface area contributed by atoms with Crippen molar-refractivity contribution in [2.75, 3.05) is 18.4 Å². The number of alkyl halides is 3. The van der Waals surface area contributed by atoms with Crippen molar-refractivity contribution in [2.24, 2.45) is 7.05 Å². The highest BCUT2D eigenvalue weighted by Crippen LogP contribution is 2.36. The van der Waals surface area contributed by atoms with Crippen molar-refractivity contribution < 1.29 is 21.6 Å². The van der Waals surface area contributed by atoms with Crippen molar-refractivity contribution in [2.45, 2.75) is 63.4 Å². The highest BCUT2D eigenvalue weighted by molar-refractivity contribution is 7.89. The number of hydrogen-bond donors (Lipinski definition) is 2. The molecule has 0 aromatic carbocycles. The Labute approximate surface area is 247 Å². The van der Waals surface area contributed by atoms with E-state index < -0.39 is 21.8 Å². The molecule has 5 rings (SSSR count). The van der Waals surface area contributed by atoms with Gasteiger partial charge in [-0.3, -0.25) is 4.98 Å². The van der Waals surface area contributed by atoms with Gasteiger partial charge in [-0.1, -0.05) is 13.8 Å². The van der Waals surface area contributed by atoms with Gasteiger partial charge in [-0.15, -0.1) is 0 Å². The zero-order chi connectivity index (χ0) is 30.9. The molecule has 43 heavy (non-hydrogen) atoms. The quantitative estimate of drug-likeness (QED) is 0.289. The first-order valence-corrected chi connectivity index (χ1v) is 15.2. The number of imidazole rings is 1. The lowest BCUT2D eigenvalue weighted by Gasteiger charge is -2.31. The number of nitrogens with one attached hydrogen (secondary N) is 2. The minimum absolute atomic E-state index is 0.0154. The second-order valence-corrected chi connectivity index (χ2v) is 12.7. The molecule has 0 spiro atoms. The summed E-state index contributed by atoms with van der Waals surface area (Å²) in [6.07, 6.45) is 2.57. The highest BCUT2D eigenvalue weighted by Gasteiger charge is 2.36. The van der Waals surface area contributed by atoms with Crippen LogP contribution in [0.3, 0.4) is 0 Å². The second kappa shape index (κ2) is 12.0. The third kappa shape index (κ3) is 6.86. The van der Waals surface area contributed by atoms with E-state index in [-0.39, 0.29) is 41.4 Å². The van der Waals surface area contributed by atoms with E-state index in [1.165, 1.54) is 33.9 Å². The number of aromatic nitrogens is 7. The topological polar surface area (TPSA) is 136 Å². The standard InChI is InChI=1S/C27H33F3N10O2S/c1-17(2)31-12-21-5-6-23(18(3)35-21)40-14-19(11-34-40)25-22(27(28,29)30)13-32-26(37-25)36-20-7-9-39(10-8-20)43(41,42)24-15-38(4)16-33-24/h5-6,11,13-17,20,31H,7-10,12H2,1-4H3,(H,32,36,37). The van der Waals surface area contributed by atoms with Gasteiger partial charge >= 0.3 is 6.18 Å². The van der Waals surface area contributed by atoms with Crippen LogP contribution in [0.25, 0.3) is 16.9 Å². The Balaban J connectivity index is 1.33. The first-order valence-electron chi connectivity index (χ1n) is 13.8. The van der Waals surface area contributed by atoms with Gasteiger partial charge in [0.1, 0.15) is 5.56 Å². The predicted molar refractivity (Wildman–Crippen MR) is 153 cm³/mol. The van der Waals surface area contributed by atoms with Gasteiger partial charge in [-0.25, -0.2) is 28.1 Å². The summed E-state index contributed by atoms with van der Waals surface area (Å²) in [4.78, 5) is 16.7. The average Bonchev–Trinajstić information content (AvgIpc) is 3.62. The zero-order valence-corrected chi connectivity index (χ0v) is 25.0. The SMILES string of the molecule is Cc1nc(CNC(C)C)ccc1-n1cc(-c2nc(NC3CCN(S(=O)(=O)c4cn(C)cn4)CC3)ncc2C(F)(F)F)cn1. The van der Waals surface area contributed by atoms with Crippen LogP contribution in [0.4, 0.5) is 19.1 Å². The van der Waals surface area contributed by atoms with Crippen LogP contribution >= 0.6 is 0 Å². The first kappa shape index (κ1) is 30.6. The van der Waals surface area contributed by atoms with Crippen LogP contribution in [0.5, 0.6) is 0 Å². The summed E-state index contributed by atoms with van der Waals surface area (Å²) in [6.45, 7) is 6.92. The van der Waals surface area contributed by atoms with Crippen molar-refractivity contribution >= 4 is 16.0 Å². The summed E-state index contributed by atoms with van der Waals surface area (Å²) in [5, 5.41) is 10.7. The Hall–Kier alpha value is -3.89. The zero-order valence-electron chi connectivity index (χ0n) is 24.2. The van der Waals surface area contributed by atoms with E-state index in [1.807, 2.05) is 32.9 Å². The van der Waals surface area contributed by atoms with Gasteiger partial charge in [-0.05, 0) is 31.9 Å². The maximum absolute atomic E-state index is 14.0. The van der Waals surface area contributed by atoms with Gasteiger partial charge in [-0.2, -0.15) is 22.6 Å². The van der Waals surface area contributed by atoms with Gasteiger partial charge in [0.2, 0.25) is 5.95 Å². The minimum atomic E-state index is -4.69. The summed E-state index contributed by atoms with van der Waals surface area (Å²) < 4.78 is 72.1. The maximum Gasteiger partial charge on any atom is 0.419 e. The number of anilines is 1. The maximum atomic E-state index is 14.0. The fraction of sp³-hybridized carbons (Fsp3) is 0.444. The average molecular weight is 619 g/mol. The molecule has 2 N–H and O–H groups in total. The fourth-order valence-corrected chi connectivity index (χ4v) is 6.22. The number of hydrogen-bond acceptors (Lipinski definition) is 9. The molecule has 0 bridgehead atoms. The molecule has 1 aliphatic heterocycles. The minimum Gasteiger partial charge on any atom is -0.351 e. The molecule has 1 saturated heterocycles. The smallest absolute Gasteiger partial charge is 0.351 e. The Morgan fingerprint density at radius 2 is 1.81 bits per heavy atom. The molecule has 5 heterocycles. The molecule has 0 amide bonds. The summed E-state index contributed by atoms with van der Waals surface area (Å²) in [5.41, 5.74) is 1.02. The van der Waals surface area contributed by atoms with Crippen molar-refractivity contribution in [1.82, 2.24) is 43.9 Å². The third-order valence-electron chi connectivity index (χ3n) is 7.08. The summed E-state index contributed by atoms with van der Waals surface area (Å²) in [5.74, 6) is 0.0154. The van der Waals surface area contributed by atoms with E-state index in [9.17, 15) is 21.6 Å². The molecule has 16 heteroatoms. The van der Waals surface area contributed by atoms with Crippen LogP contribution in [0, 0.1) is 6.92 Å². The monoisotopic (exact) mass is 618 g/mol. The van der Waals surface area contributed by atoms with E-state index in [0.29, 0.717) is 36.8 Å². The lowest BCUT2D eigenvalue weighted by atomic mass is 10.1. The molecule has 0 aliphatic carbocycles. The molecule has 0 saturated carbocycles. The largest absolute Gasteiger partial charge is 0.419 e. The predicted octanol–water partition coefficient (Wildman–Crippen LogP) is 3.55. The molecule has 0 atom stereocenters. The summed E-state index contributed by atoms with van der Waals surface area (Å²) in [7, 11) is -2.05. The van der Waals surface area contributed by atoms with E-state index in [0.717, 1.165) is 11.9 Å². The lowest BCUT2D eigenvalue weighted by molar-refractivity contribution is -0.137. The van der Waals surface area contributed by atoms with Crippen LogP contribution < -0.4 is 10.6 Å². The molecule has 12 nitrogen and oxygen atoms in total. The Kier molecular flexibility index (Phi) is 8.54. The molecule has 0 radical (unpaired) electrons. The Morgan fingerprint density at radius 1 is 1.07 bits per heavy atom. The summed E-state index contributed by atoms with van der Waals surface area (Å²) >= 11 is 0. The number of sulfonamides is 1. The molecule has 4 aromatic heterocycles. The molecule has 1 aliphatic rings. The van der Waals surface area contributed by atoms with Crippen molar-refractivity contribution in [1.29, 1.82) is 0 Å². The van der Waals surface area contributed by atoms with Crippen LogP contribution in [-0.4, -0.2) is 72.2 Å². The molecular weight excluding hydrogens is 585 g/mol. The number of aryl methyl sites for hydroxylation is 2. The number of pyridine rings is 1. The van der Waals surface area contributed by atoms with Gasteiger partial charge < -0.3 is 15.2 Å². The molecule has 1 fully saturated rings. The van der Waals surface area contributed by atoms with Crippen LogP contribution in [0.1, 0.15) is 43.6 Å². The van der Waals surface area contributed by atoms with Crippen LogP contribution in [0.2, 0.25) is 0 Å². The lowest BCUT2D eigenvalue weighted by Crippen LogP contribution is -2.42. The van der Waals surface area contributed by atoms with Gasteiger partial charge in [0.15, 0.2) is 5.03 Å². The van der Waals surface area contributed by atoms with E-state index in [4.69, 9.17) is 0 Å². The fourth-order valence-electron chi connectivity index (χ4n) is 4.79. The van der Waals surface area contributed by atoms with Crippen molar-refractivity contribution in [3.63, 3.8) is 0 Å². The van der Waals surface area contributed by atoms with Crippen LogP contribution in [-0.2, 0) is 29.8 Å². The number of halogens is 3. The Bertz CT molecular complexity index is 1690. The van der Waals surface area contributed by atoms with Crippen molar-refractivity contribution in [3.8, 4) is 16.9 Å². The third-order valence-corrected chi connectivity index (χ3v) is 8.86. The molecule has 0 unspecified atom stereocenters. The van der Waals surface area contributed by atoms with Gasteiger partial charge in [0.25, 0.3) is 10.0 Å². The van der Waals surface area contributed by atoms with E-state index in [2.05, 4.69) is 35.7 Å². The number of nitrogens with zero attached hydrogens (tertiary/aromatic N) is 8. The van der Waals surface area contributed by atoms with Crippen LogP contribution in [0.15, 0.2) is 48.3 Å². The highest BCUT2D eigenvalue weighted by atomic mass is 32.2. The normalized spacial score (nSPS) is 15.3. The molecular formula is C27H33F3N10O2S. The summed E-state index contributed by atoms with van der Waals surface area (Å²) in [6, 6.07) is 3.74. The Morgan fingerprint density at radius 3 is 2.44 bits per heavy atom. The number of piperidine rings is 1. The van der Waals surface area contributed by atoms with E-state index >= 15 is 0 Å². The van der Waals surface area contributed by atoms with E-state index in [1.54, 1.807) is 11.6 Å². The second-order valence-electron chi connectivity index (χ2n) is 10.8. The first-order chi connectivity index (χ1) is 20.3.